The summed E-state index contributed by atoms with van der Waals surface area (Å²) in [4.78, 5) is 19.0. The number of carboxylic acids is 1. The predicted molar refractivity (Wildman–Crippen MR) is 131 cm³/mol. The number of ether oxygens (including phenoxy) is 1. The number of nitrogens with zero attached hydrogens (tertiary/aromatic N) is 2. The van der Waals surface area contributed by atoms with E-state index >= 15 is 0 Å². The van der Waals surface area contributed by atoms with Crippen LogP contribution in [0.1, 0.15) is 35.0 Å². The quantitative estimate of drug-likeness (QED) is 0.381. The number of carbonyl (C=O) groups is 1. The summed E-state index contributed by atoms with van der Waals surface area (Å²) in [6.07, 6.45) is 1.58. The van der Waals surface area contributed by atoms with Crippen molar-refractivity contribution in [2.45, 2.75) is 25.5 Å². The Morgan fingerprint density at radius 2 is 1.91 bits per heavy atom. The van der Waals surface area contributed by atoms with Gasteiger partial charge in [0.25, 0.3) is 0 Å². The molecule has 0 spiro atoms. The Morgan fingerprint density at radius 1 is 1.09 bits per heavy atom. The van der Waals surface area contributed by atoms with Gasteiger partial charge in [-0.3, -0.25) is 9.69 Å². The van der Waals surface area contributed by atoms with Crippen LogP contribution in [0.5, 0.6) is 5.75 Å². The molecule has 0 bridgehead atoms. The summed E-state index contributed by atoms with van der Waals surface area (Å²) < 4.78 is 7.23. The molecular weight excluding hydrogens is 432 g/mol. The number of aliphatic carboxylic acids is 1. The topological polar surface area (TPSA) is 62.7 Å². The van der Waals surface area contributed by atoms with Gasteiger partial charge < -0.3 is 9.84 Å². The molecule has 1 aliphatic heterocycles. The molecule has 168 valence electrons. The number of hydrogen-bond donors (Lipinski definition) is 1. The average Bonchev–Trinajstić information content (AvgIpc) is 3.27. The third-order valence-corrected chi connectivity index (χ3v) is 7.22. The Balaban J connectivity index is 1.48. The molecule has 2 unspecified atom stereocenters. The molecule has 2 atom stereocenters. The van der Waals surface area contributed by atoms with Gasteiger partial charge in [-0.25, -0.2) is 4.98 Å². The maximum Gasteiger partial charge on any atom is 0.307 e. The minimum Gasteiger partial charge on any atom is -0.489 e. The number of para-hydroxylation sites is 1. The van der Waals surface area contributed by atoms with Gasteiger partial charge in [-0.05, 0) is 54.8 Å². The van der Waals surface area contributed by atoms with Gasteiger partial charge in [0.2, 0.25) is 0 Å². The predicted octanol–water partition coefficient (Wildman–Crippen LogP) is 5.76. The summed E-state index contributed by atoms with van der Waals surface area (Å²) in [7, 11) is 0. The molecule has 4 aromatic rings. The first-order valence-electron chi connectivity index (χ1n) is 11.3. The van der Waals surface area contributed by atoms with Crippen LogP contribution in [0.25, 0.3) is 10.2 Å². The molecule has 5 nitrogen and oxygen atoms in total. The smallest absolute Gasteiger partial charge is 0.307 e. The van der Waals surface area contributed by atoms with Crippen molar-refractivity contribution < 1.29 is 14.6 Å². The van der Waals surface area contributed by atoms with Gasteiger partial charge in [0.05, 0.1) is 22.2 Å². The van der Waals surface area contributed by atoms with Gasteiger partial charge in [-0.15, -0.1) is 11.3 Å². The second kappa shape index (κ2) is 9.73. The Hall–Kier alpha value is -3.22. The lowest BCUT2D eigenvalue weighted by atomic mass is 9.95. The van der Waals surface area contributed by atoms with Crippen molar-refractivity contribution in [1.82, 2.24) is 9.88 Å². The van der Waals surface area contributed by atoms with Crippen LogP contribution in [-0.4, -0.2) is 34.0 Å². The van der Waals surface area contributed by atoms with Crippen molar-refractivity contribution in [1.29, 1.82) is 0 Å². The number of likely N-dealkylation sites (tertiary alicyclic amines) is 1. The second-order valence-electron chi connectivity index (χ2n) is 8.44. The average molecular weight is 459 g/mol. The zero-order chi connectivity index (χ0) is 22.6. The van der Waals surface area contributed by atoms with Gasteiger partial charge in [-0.1, -0.05) is 54.6 Å². The van der Waals surface area contributed by atoms with E-state index in [0.29, 0.717) is 13.2 Å². The highest BCUT2D eigenvalue weighted by atomic mass is 32.1. The number of rotatable bonds is 7. The Labute approximate surface area is 197 Å². The largest absolute Gasteiger partial charge is 0.489 e. The van der Waals surface area contributed by atoms with E-state index < -0.39 is 5.97 Å². The zero-order valence-electron chi connectivity index (χ0n) is 18.3. The van der Waals surface area contributed by atoms with Crippen molar-refractivity contribution in [2.24, 2.45) is 5.92 Å². The van der Waals surface area contributed by atoms with Crippen molar-refractivity contribution in [3.63, 3.8) is 0 Å². The fourth-order valence-electron chi connectivity index (χ4n) is 4.47. The maximum absolute atomic E-state index is 11.8. The Kier molecular flexibility index (Phi) is 6.37. The van der Waals surface area contributed by atoms with Gasteiger partial charge >= 0.3 is 5.97 Å². The summed E-state index contributed by atoms with van der Waals surface area (Å²) >= 11 is 1.68. The molecule has 33 heavy (non-hydrogen) atoms. The Morgan fingerprint density at radius 3 is 2.73 bits per heavy atom. The van der Waals surface area contributed by atoms with Crippen molar-refractivity contribution in [3.05, 3.63) is 95.0 Å². The number of thiazole rings is 1. The molecule has 1 N–H and O–H groups in total. The van der Waals surface area contributed by atoms with Crippen molar-refractivity contribution >= 4 is 27.5 Å². The molecule has 6 heteroatoms. The van der Waals surface area contributed by atoms with Crippen LogP contribution < -0.4 is 4.74 Å². The van der Waals surface area contributed by atoms with Crippen molar-refractivity contribution in [2.75, 3.05) is 13.1 Å². The minimum absolute atomic E-state index is 0.107. The van der Waals surface area contributed by atoms with E-state index in [2.05, 4.69) is 23.1 Å². The normalized spacial score (nSPS) is 17.6. The lowest BCUT2D eigenvalue weighted by Crippen LogP contribution is -2.41. The molecule has 0 radical (unpaired) electrons. The van der Waals surface area contributed by atoms with Gasteiger partial charge in [-0.2, -0.15) is 0 Å². The van der Waals surface area contributed by atoms with Crippen LogP contribution in [0.2, 0.25) is 0 Å². The van der Waals surface area contributed by atoms with Crippen LogP contribution in [0.15, 0.2) is 78.9 Å². The number of piperidine rings is 1. The first kappa shape index (κ1) is 21.6. The monoisotopic (exact) mass is 458 g/mol. The maximum atomic E-state index is 11.8. The van der Waals surface area contributed by atoms with Gasteiger partial charge in [0, 0.05) is 6.54 Å². The van der Waals surface area contributed by atoms with E-state index in [9.17, 15) is 9.90 Å². The number of hydrogen-bond acceptors (Lipinski definition) is 5. The fourth-order valence-corrected chi connectivity index (χ4v) is 5.61. The van der Waals surface area contributed by atoms with E-state index in [-0.39, 0.29) is 12.0 Å². The van der Waals surface area contributed by atoms with Crippen LogP contribution in [0.3, 0.4) is 0 Å². The number of fused-ring (bicyclic) bond motifs is 1. The van der Waals surface area contributed by atoms with E-state index in [4.69, 9.17) is 9.72 Å². The summed E-state index contributed by atoms with van der Waals surface area (Å²) in [5, 5.41) is 10.6. The van der Waals surface area contributed by atoms with Crippen LogP contribution in [0.4, 0.5) is 0 Å². The molecule has 2 heterocycles. The molecule has 0 saturated carbocycles. The standard InChI is InChI=1S/C27H26N2O3S/c30-27(31)21-11-7-15-29(17-21)25(26-28-23-13-4-5-14-24(23)33-26)20-10-6-12-22(16-20)32-18-19-8-2-1-3-9-19/h1-6,8-10,12-14,16,21,25H,7,11,15,17-18H2,(H,30,31). The van der Waals surface area contributed by atoms with E-state index in [0.717, 1.165) is 51.5 Å². The summed E-state index contributed by atoms with van der Waals surface area (Å²) in [6.45, 7) is 1.87. The highest BCUT2D eigenvalue weighted by molar-refractivity contribution is 7.18. The molecule has 0 aliphatic carbocycles. The van der Waals surface area contributed by atoms with Gasteiger partial charge in [0.15, 0.2) is 0 Å². The zero-order valence-corrected chi connectivity index (χ0v) is 19.1. The van der Waals surface area contributed by atoms with Crippen LogP contribution in [0, 0.1) is 5.92 Å². The van der Waals surface area contributed by atoms with E-state index in [1.54, 1.807) is 11.3 Å². The highest BCUT2D eigenvalue weighted by Crippen LogP contribution is 2.37. The first-order chi connectivity index (χ1) is 16.2. The summed E-state index contributed by atoms with van der Waals surface area (Å²) in [6, 6.07) is 26.3. The molecule has 3 aromatic carbocycles. The Bertz CT molecular complexity index is 1210. The number of carboxylic acid groups (broad SMARTS) is 1. The summed E-state index contributed by atoms with van der Waals surface area (Å²) in [5.74, 6) is -0.273. The molecule has 0 amide bonds. The molecule has 1 fully saturated rings. The minimum atomic E-state index is -0.720. The summed E-state index contributed by atoms with van der Waals surface area (Å²) in [5.41, 5.74) is 3.17. The highest BCUT2D eigenvalue weighted by Gasteiger charge is 2.33. The molecule has 1 saturated heterocycles. The number of benzene rings is 3. The SMILES string of the molecule is O=C(O)C1CCCN(C(c2cccc(OCc3ccccc3)c2)c2nc3ccccc3s2)C1. The lowest BCUT2D eigenvalue weighted by Gasteiger charge is -2.36. The third kappa shape index (κ3) is 4.92. The fraction of sp³-hybridized carbons (Fsp3) is 0.259. The van der Waals surface area contributed by atoms with Gasteiger partial charge in [0.1, 0.15) is 17.4 Å². The first-order valence-corrected chi connectivity index (χ1v) is 12.1. The third-order valence-electron chi connectivity index (χ3n) is 6.13. The molecule has 1 aromatic heterocycles. The second-order valence-corrected chi connectivity index (χ2v) is 9.50. The van der Waals surface area contributed by atoms with Crippen LogP contribution >= 0.6 is 11.3 Å². The molecular formula is C27H26N2O3S. The molecule has 1 aliphatic rings. The number of aromatic nitrogens is 1. The van der Waals surface area contributed by atoms with Crippen LogP contribution in [-0.2, 0) is 11.4 Å². The van der Waals surface area contributed by atoms with Crippen molar-refractivity contribution in [3.8, 4) is 5.75 Å². The van der Waals surface area contributed by atoms with E-state index in [1.807, 2.05) is 60.7 Å². The lowest BCUT2D eigenvalue weighted by molar-refractivity contribution is -0.143. The van der Waals surface area contributed by atoms with E-state index in [1.165, 1.54) is 0 Å². The molecule has 5 rings (SSSR count).